The number of ketones is 1. The van der Waals surface area contributed by atoms with Gasteiger partial charge >= 0.3 is 0 Å². The highest BCUT2D eigenvalue weighted by Crippen LogP contribution is 2.66. The summed E-state index contributed by atoms with van der Waals surface area (Å²) in [5, 5.41) is 16.6. The summed E-state index contributed by atoms with van der Waals surface area (Å²) < 4.78 is 5.46. The maximum absolute atomic E-state index is 13.4. The van der Waals surface area contributed by atoms with Crippen LogP contribution in [0.15, 0.2) is 45.7 Å². The van der Waals surface area contributed by atoms with Crippen LogP contribution in [0.3, 0.4) is 0 Å². The van der Waals surface area contributed by atoms with E-state index in [0.29, 0.717) is 23.4 Å². The number of aliphatic hydroxyl groups excluding tert-OH is 1. The molecule has 1 N–H and O–H groups in total. The van der Waals surface area contributed by atoms with Crippen LogP contribution in [0.2, 0.25) is 0 Å². The first kappa shape index (κ1) is 21.6. The van der Waals surface area contributed by atoms with Gasteiger partial charge in [-0.15, -0.1) is 0 Å². The van der Waals surface area contributed by atoms with Crippen molar-refractivity contribution in [1.29, 1.82) is 0 Å². The number of hydrogen-bond acceptors (Lipinski definition) is 6. The number of hydrogen-bond donors (Lipinski definition) is 1. The molecule has 2 aromatic heterocycles. The van der Waals surface area contributed by atoms with E-state index in [1.54, 1.807) is 18.0 Å². The zero-order valence-electron chi connectivity index (χ0n) is 19.4. The second-order valence-electron chi connectivity index (χ2n) is 11.1. The van der Waals surface area contributed by atoms with Crippen LogP contribution in [0.1, 0.15) is 57.3 Å². The first-order chi connectivity index (χ1) is 15.9. The number of fused-ring (bicyclic) bond motifs is 6. The minimum Gasteiger partial charge on any atom is -0.393 e. The van der Waals surface area contributed by atoms with Crippen LogP contribution >= 0.6 is 11.8 Å². The van der Waals surface area contributed by atoms with Crippen molar-refractivity contribution < 1.29 is 14.4 Å². The minimum absolute atomic E-state index is 0.0371. The molecule has 0 bridgehead atoms. The fourth-order valence-corrected chi connectivity index (χ4v) is 9.03. The second-order valence-corrected chi connectivity index (χ2v) is 12.1. The summed E-state index contributed by atoms with van der Waals surface area (Å²) in [5.74, 6) is 2.93. The summed E-state index contributed by atoms with van der Waals surface area (Å²) in [5.41, 5.74) is 2.40. The molecule has 2 heterocycles. The molecule has 2 aromatic rings. The van der Waals surface area contributed by atoms with Crippen LogP contribution < -0.4 is 0 Å². The molecule has 3 saturated carbocycles. The number of thioether (sulfide) groups is 1. The summed E-state index contributed by atoms with van der Waals surface area (Å²) in [4.78, 5) is 17.7. The number of aliphatic hydroxyl groups is 1. The summed E-state index contributed by atoms with van der Waals surface area (Å²) >= 11 is 1.54. The van der Waals surface area contributed by atoms with E-state index >= 15 is 0 Å². The summed E-state index contributed by atoms with van der Waals surface area (Å²) in [7, 11) is 0. The smallest absolute Gasteiger partial charge is 0.162 e. The number of allylic oxidation sites excluding steroid dienone is 1. The van der Waals surface area contributed by atoms with Gasteiger partial charge in [-0.3, -0.25) is 4.79 Å². The van der Waals surface area contributed by atoms with Crippen molar-refractivity contribution >= 4 is 23.6 Å². The van der Waals surface area contributed by atoms with Crippen molar-refractivity contribution in [2.24, 2.45) is 34.5 Å². The fraction of sp³-hybridized carbons (Fsp3) is 0.593. The predicted octanol–water partition coefficient (Wildman–Crippen LogP) is 5.20. The van der Waals surface area contributed by atoms with Crippen LogP contribution in [0.25, 0.3) is 6.08 Å². The summed E-state index contributed by atoms with van der Waals surface area (Å²) in [6, 6.07) is 5.82. The van der Waals surface area contributed by atoms with Crippen molar-refractivity contribution in [3.63, 3.8) is 0 Å². The quantitative estimate of drug-likeness (QED) is 0.627. The van der Waals surface area contributed by atoms with Gasteiger partial charge in [0.25, 0.3) is 0 Å². The monoisotopic (exact) mass is 464 g/mol. The van der Waals surface area contributed by atoms with Crippen LogP contribution in [0.5, 0.6) is 0 Å². The van der Waals surface area contributed by atoms with E-state index in [-0.39, 0.29) is 28.8 Å². The lowest BCUT2D eigenvalue weighted by Crippen LogP contribution is -2.57. The molecule has 4 aliphatic carbocycles. The van der Waals surface area contributed by atoms with Gasteiger partial charge in [-0.1, -0.05) is 42.4 Å². The second kappa shape index (κ2) is 7.81. The highest BCUT2D eigenvalue weighted by molar-refractivity contribution is 7.99. The molecule has 0 radical (unpaired) electrons. The molecule has 0 aromatic carbocycles. The van der Waals surface area contributed by atoms with Gasteiger partial charge in [0, 0.05) is 17.7 Å². The van der Waals surface area contributed by atoms with E-state index in [4.69, 9.17) is 4.52 Å². The zero-order valence-corrected chi connectivity index (χ0v) is 20.2. The molecule has 3 unspecified atom stereocenters. The van der Waals surface area contributed by atoms with Gasteiger partial charge in [-0.05, 0) is 85.3 Å². The highest BCUT2D eigenvalue weighted by atomic mass is 32.2. The molecule has 7 atom stereocenters. The molecule has 4 aliphatic rings. The summed E-state index contributed by atoms with van der Waals surface area (Å²) in [6.45, 7) is 4.64. The zero-order chi connectivity index (χ0) is 22.8. The molecular weight excluding hydrogens is 432 g/mol. The van der Waals surface area contributed by atoms with Crippen molar-refractivity contribution in [2.75, 3.05) is 5.75 Å². The van der Waals surface area contributed by atoms with E-state index in [9.17, 15) is 9.90 Å². The predicted molar refractivity (Wildman–Crippen MR) is 127 cm³/mol. The minimum atomic E-state index is -0.386. The normalized spacial score (nSPS) is 39.1. The molecule has 174 valence electrons. The Labute approximate surface area is 199 Å². The van der Waals surface area contributed by atoms with Crippen molar-refractivity contribution in [3.05, 3.63) is 47.5 Å². The fourth-order valence-electron chi connectivity index (χ4n) is 8.22. The molecule has 0 aliphatic heterocycles. The van der Waals surface area contributed by atoms with Crippen molar-refractivity contribution in [2.45, 2.75) is 63.5 Å². The lowest BCUT2D eigenvalue weighted by atomic mass is 9.46. The van der Waals surface area contributed by atoms with E-state index in [0.717, 1.165) is 54.9 Å². The largest absolute Gasteiger partial charge is 0.393 e. The number of pyridine rings is 1. The number of aromatic nitrogens is 2. The molecule has 33 heavy (non-hydrogen) atoms. The third-order valence-electron chi connectivity index (χ3n) is 9.60. The van der Waals surface area contributed by atoms with Gasteiger partial charge in [-0.25, -0.2) is 4.98 Å². The van der Waals surface area contributed by atoms with Gasteiger partial charge in [0.1, 0.15) is 5.78 Å². The Balaban J connectivity index is 1.24. The van der Waals surface area contributed by atoms with Crippen LogP contribution in [0, 0.1) is 34.5 Å². The molecule has 0 spiro atoms. The first-order valence-corrected chi connectivity index (χ1v) is 13.3. The third kappa shape index (κ3) is 3.28. The number of nitrogens with zero attached hydrogens (tertiary/aromatic N) is 2. The van der Waals surface area contributed by atoms with Crippen molar-refractivity contribution in [3.8, 4) is 0 Å². The number of rotatable bonds is 4. The van der Waals surface area contributed by atoms with Crippen molar-refractivity contribution in [1.82, 2.24) is 10.1 Å². The number of carbonyl (C=O) groups is 1. The highest BCUT2D eigenvalue weighted by Gasteiger charge is 2.63. The van der Waals surface area contributed by atoms with Crippen LogP contribution in [0.4, 0.5) is 0 Å². The maximum Gasteiger partial charge on any atom is 0.162 e. The van der Waals surface area contributed by atoms with Gasteiger partial charge < -0.3 is 9.63 Å². The van der Waals surface area contributed by atoms with E-state index < -0.39 is 0 Å². The van der Waals surface area contributed by atoms with E-state index in [1.807, 2.05) is 24.4 Å². The lowest BCUT2D eigenvalue weighted by molar-refractivity contribution is -0.140. The Hall–Kier alpha value is -1.92. The molecule has 3 fully saturated rings. The summed E-state index contributed by atoms with van der Waals surface area (Å²) in [6.07, 6.45) is 11.2. The maximum atomic E-state index is 13.4. The lowest BCUT2D eigenvalue weighted by Gasteiger charge is -2.59. The molecule has 5 nitrogen and oxygen atoms in total. The van der Waals surface area contributed by atoms with Gasteiger partial charge in [0.15, 0.2) is 5.76 Å². The Kier molecular flexibility index (Phi) is 5.11. The number of Topliss-reactive ketones (excluding diaryl/α,β-unsaturated/α-hetero) is 1. The Bertz CT molecular complexity index is 1100. The molecule has 0 saturated heterocycles. The van der Waals surface area contributed by atoms with Crippen LogP contribution in [-0.2, 0) is 11.2 Å². The Morgan fingerprint density at radius 3 is 2.97 bits per heavy atom. The topological polar surface area (TPSA) is 76.2 Å². The van der Waals surface area contributed by atoms with Gasteiger partial charge in [0.05, 0.1) is 23.1 Å². The Morgan fingerprint density at radius 2 is 2.15 bits per heavy atom. The first-order valence-electron chi connectivity index (χ1n) is 12.3. The standard InChI is InChI=1S/C27H32N2O3S/c1-26-12-16-14-29-32-23(16)11-17(26)6-7-18-19-8-9-20(27(19,2)13-21(30)25(18)26)22(31)15-33-24-5-3-4-10-28-24/h3-5,10-11,14,18-21,25,30H,6-9,12-13,15H2,1-2H3/t18?,19?,20-,21+,25?,26+,27+/m1/s1. The molecule has 6 heteroatoms. The van der Waals surface area contributed by atoms with Gasteiger partial charge in [0.2, 0.25) is 0 Å². The van der Waals surface area contributed by atoms with E-state index in [2.05, 4.69) is 30.1 Å². The molecular formula is C27H32N2O3S. The van der Waals surface area contributed by atoms with Gasteiger partial charge in [-0.2, -0.15) is 0 Å². The molecule has 6 rings (SSSR count). The average Bonchev–Trinajstić information content (AvgIpc) is 3.38. The van der Waals surface area contributed by atoms with E-state index in [1.165, 1.54) is 5.57 Å². The SMILES string of the molecule is C[C@]12Cc3cnoc3C=C1CCC1C2[C@@H](O)C[C@@]2(C)C1CC[C@@H]2C(=O)CSc1ccccn1. The Morgan fingerprint density at radius 1 is 1.27 bits per heavy atom. The van der Waals surface area contributed by atoms with Crippen LogP contribution in [-0.4, -0.2) is 32.9 Å². The third-order valence-corrected chi connectivity index (χ3v) is 10.6. The average molecular weight is 465 g/mol. The molecule has 0 amide bonds. The number of carbonyl (C=O) groups excluding carboxylic acids is 1.